The first-order valence-electron chi connectivity index (χ1n) is 7.71. The molecule has 3 rings (SSSR count). The van der Waals surface area contributed by atoms with E-state index in [1.54, 1.807) is 0 Å². The zero-order chi connectivity index (χ0) is 15.2. The maximum atomic E-state index is 11.7. The van der Waals surface area contributed by atoms with E-state index < -0.39 is 0 Å². The van der Waals surface area contributed by atoms with E-state index in [0.29, 0.717) is 6.54 Å². The van der Waals surface area contributed by atoms with Gasteiger partial charge in [-0.3, -0.25) is 0 Å². The van der Waals surface area contributed by atoms with Crippen LogP contribution >= 0.6 is 0 Å². The van der Waals surface area contributed by atoms with Gasteiger partial charge in [0.25, 0.3) is 0 Å². The standard InChI is InChI=1S/C18H21N3O/c22-18-20-12-13-21(18)14-16-8-4-5-9-17(16)19-11-10-15-6-2-1-3-7-15/h1-9,19H,10-14H2,(H,20,22). The van der Waals surface area contributed by atoms with Crippen LogP contribution in [0.2, 0.25) is 0 Å². The van der Waals surface area contributed by atoms with Crippen LogP contribution in [0.1, 0.15) is 11.1 Å². The summed E-state index contributed by atoms with van der Waals surface area (Å²) >= 11 is 0. The highest BCUT2D eigenvalue weighted by Crippen LogP contribution is 2.18. The second-order valence-electron chi connectivity index (χ2n) is 5.47. The molecule has 1 heterocycles. The van der Waals surface area contributed by atoms with Gasteiger partial charge in [-0.1, -0.05) is 48.5 Å². The van der Waals surface area contributed by atoms with Crippen molar-refractivity contribution in [2.45, 2.75) is 13.0 Å². The Morgan fingerprint density at radius 2 is 1.82 bits per heavy atom. The first-order valence-corrected chi connectivity index (χ1v) is 7.71. The Hall–Kier alpha value is -2.49. The molecule has 1 aliphatic rings. The van der Waals surface area contributed by atoms with Gasteiger partial charge >= 0.3 is 6.03 Å². The molecule has 0 radical (unpaired) electrons. The molecule has 0 atom stereocenters. The third-order valence-corrected chi connectivity index (χ3v) is 3.90. The number of hydrogen-bond acceptors (Lipinski definition) is 2. The summed E-state index contributed by atoms with van der Waals surface area (Å²) in [4.78, 5) is 13.5. The number of rotatable bonds is 6. The fourth-order valence-electron chi connectivity index (χ4n) is 2.68. The van der Waals surface area contributed by atoms with E-state index in [2.05, 4.69) is 47.0 Å². The molecular weight excluding hydrogens is 274 g/mol. The molecule has 2 aromatic carbocycles. The Labute approximate surface area is 131 Å². The summed E-state index contributed by atoms with van der Waals surface area (Å²) < 4.78 is 0. The van der Waals surface area contributed by atoms with Crippen LogP contribution in [0.3, 0.4) is 0 Å². The van der Waals surface area contributed by atoms with E-state index in [0.717, 1.165) is 37.3 Å². The van der Waals surface area contributed by atoms with Crippen molar-refractivity contribution in [1.82, 2.24) is 10.2 Å². The van der Waals surface area contributed by atoms with E-state index >= 15 is 0 Å². The highest BCUT2D eigenvalue weighted by molar-refractivity contribution is 5.76. The lowest BCUT2D eigenvalue weighted by Gasteiger charge is -2.18. The van der Waals surface area contributed by atoms with Crippen LogP contribution in [0.15, 0.2) is 54.6 Å². The number of anilines is 1. The SMILES string of the molecule is O=C1NCCN1Cc1ccccc1NCCc1ccccc1. The summed E-state index contributed by atoms with van der Waals surface area (Å²) in [7, 11) is 0. The smallest absolute Gasteiger partial charge is 0.317 e. The highest BCUT2D eigenvalue weighted by Gasteiger charge is 2.20. The molecule has 4 heteroatoms. The molecule has 114 valence electrons. The molecule has 2 amide bonds. The average Bonchev–Trinajstić information content (AvgIpc) is 2.95. The predicted octanol–water partition coefficient (Wildman–Crippen LogP) is 2.87. The van der Waals surface area contributed by atoms with Crippen LogP contribution in [0, 0.1) is 0 Å². The molecule has 4 nitrogen and oxygen atoms in total. The third-order valence-electron chi connectivity index (χ3n) is 3.90. The van der Waals surface area contributed by atoms with Gasteiger partial charge in [0.15, 0.2) is 0 Å². The Morgan fingerprint density at radius 3 is 2.59 bits per heavy atom. The molecule has 2 N–H and O–H groups in total. The molecule has 0 aliphatic carbocycles. The number of carbonyl (C=O) groups is 1. The summed E-state index contributed by atoms with van der Waals surface area (Å²) in [6, 6.07) is 18.7. The first-order chi connectivity index (χ1) is 10.8. The molecule has 0 aromatic heterocycles. The van der Waals surface area contributed by atoms with Gasteiger partial charge in [-0.25, -0.2) is 4.79 Å². The summed E-state index contributed by atoms with van der Waals surface area (Å²) in [6.07, 6.45) is 0.985. The van der Waals surface area contributed by atoms with Crippen molar-refractivity contribution in [2.75, 3.05) is 25.0 Å². The van der Waals surface area contributed by atoms with E-state index in [1.165, 1.54) is 5.56 Å². The summed E-state index contributed by atoms with van der Waals surface area (Å²) in [5.74, 6) is 0. The van der Waals surface area contributed by atoms with Crippen LogP contribution < -0.4 is 10.6 Å². The molecule has 0 unspecified atom stereocenters. The topological polar surface area (TPSA) is 44.4 Å². The lowest BCUT2D eigenvalue weighted by Crippen LogP contribution is -2.27. The van der Waals surface area contributed by atoms with Crippen molar-refractivity contribution in [1.29, 1.82) is 0 Å². The van der Waals surface area contributed by atoms with Crippen LogP contribution in [0.25, 0.3) is 0 Å². The Bertz CT molecular complexity index is 627. The number of hydrogen-bond donors (Lipinski definition) is 2. The van der Waals surface area contributed by atoms with Crippen molar-refractivity contribution in [3.05, 3.63) is 65.7 Å². The lowest BCUT2D eigenvalue weighted by atomic mass is 10.1. The molecular formula is C18H21N3O. The number of benzene rings is 2. The largest absolute Gasteiger partial charge is 0.384 e. The number of para-hydroxylation sites is 1. The maximum Gasteiger partial charge on any atom is 0.317 e. The fraction of sp³-hybridized carbons (Fsp3) is 0.278. The van der Waals surface area contributed by atoms with Gasteiger partial charge in [0.2, 0.25) is 0 Å². The van der Waals surface area contributed by atoms with Crippen molar-refractivity contribution in [3.8, 4) is 0 Å². The molecule has 22 heavy (non-hydrogen) atoms. The van der Waals surface area contributed by atoms with Gasteiger partial charge < -0.3 is 15.5 Å². The Balaban J connectivity index is 1.60. The van der Waals surface area contributed by atoms with Gasteiger partial charge in [-0.05, 0) is 23.6 Å². The highest BCUT2D eigenvalue weighted by atomic mass is 16.2. The second-order valence-corrected chi connectivity index (χ2v) is 5.47. The van der Waals surface area contributed by atoms with Gasteiger partial charge in [-0.15, -0.1) is 0 Å². The van der Waals surface area contributed by atoms with Crippen molar-refractivity contribution < 1.29 is 4.79 Å². The number of amides is 2. The van der Waals surface area contributed by atoms with Gasteiger partial charge in [0, 0.05) is 31.9 Å². The minimum atomic E-state index is 0.0269. The summed E-state index contributed by atoms with van der Waals surface area (Å²) in [5, 5.41) is 6.33. The third kappa shape index (κ3) is 3.58. The zero-order valence-corrected chi connectivity index (χ0v) is 12.6. The number of carbonyl (C=O) groups excluding carboxylic acids is 1. The average molecular weight is 295 g/mol. The first kappa shape index (κ1) is 14.4. The second kappa shape index (κ2) is 6.98. The molecule has 2 aromatic rings. The fourth-order valence-corrected chi connectivity index (χ4v) is 2.68. The van der Waals surface area contributed by atoms with E-state index in [4.69, 9.17) is 0 Å². The van der Waals surface area contributed by atoms with Crippen molar-refractivity contribution >= 4 is 11.7 Å². The molecule has 0 spiro atoms. The molecule has 1 aliphatic heterocycles. The van der Waals surface area contributed by atoms with E-state index in [-0.39, 0.29) is 6.03 Å². The van der Waals surface area contributed by atoms with Gasteiger partial charge in [0.05, 0.1) is 0 Å². The van der Waals surface area contributed by atoms with Crippen LogP contribution in [-0.4, -0.2) is 30.6 Å². The minimum absolute atomic E-state index is 0.0269. The quantitative estimate of drug-likeness (QED) is 0.860. The molecule has 0 saturated carbocycles. The van der Waals surface area contributed by atoms with Crippen molar-refractivity contribution in [2.24, 2.45) is 0 Å². The molecule has 1 fully saturated rings. The van der Waals surface area contributed by atoms with E-state index in [1.807, 2.05) is 23.1 Å². The summed E-state index contributed by atoms with van der Waals surface area (Å²) in [6.45, 7) is 3.05. The lowest BCUT2D eigenvalue weighted by molar-refractivity contribution is 0.215. The zero-order valence-electron chi connectivity index (χ0n) is 12.6. The van der Waals surface area contributed by atoms with E-state index in [9.17, 15) is 4.79 Å². The van der Waals surface area contributed by atoms with Crippen molar-refractivity contribution in [3.63, 3.8) is 0 Å². The van der Waals surface area contributed by atoms with Gasteiger partial charge in [0.1, 0.15) is 0 Å². The number of nitrogens with one attached hydrogen (secondary N) is 2. The van der Waals surface area contributed by atoms with Crippen LogP contribution in [0.4, 0.5) is 10.5 Å². The van der Waals surface area contributed by atoms with Gasteiger partial charge in [-0.2, -0.15) is 0 Å². The monoisotopic (exact) mass is 295 g/mol. The normalized spacial score (nSPS) is 14.0. The minimum Gasteiger partial charge on any atom is -0.384 e. The van der Waals surface area contributed by atoms with Crippen LogP contribution in [-0.2, 0) is 13.0 Å². The summed E-state index contributed by atoms with van der Waals surface area (Å²) in [5.41, 5.74) is 3.59. The Kier molecular flexibility index (Phi) is 4.59. The molecule has 1 saturated heterocycles. The molecule has 0 bridgehead atoms. The Morgan fingerprint density at radius 1 is 1.05 bits per heavy atom. The number of urea groups is 1. The predicted molar refractivity (Wildman–Crippen MR) is 88.9 cm³/mol. The number of nitrogens with zero attached hydrogens (tertiary/aromatic N) is 1. The van der Waals surface area contributed by atoms with Crippen LogP contribution in [0.5, 0.6) is 0 Å². The maximum absolute atomic E-state index is 11.7.